The molecule has 2 rings (SSSR count). The van der Waals surface area contributed by atoms with E-state index in [-0.39, 0.29) is 6.10 Å². The lowest BCUT2D eigenvalue weighted by Crippen LogP contribution is -2.36. The maximum atomic E-state index is 6.35. The van der Waals surface area contributed by atoms with Crippen molar-refractivity contribution in [1.29, 1.82) is 0 Å². The van der Waals surface area contributed by atoms with Crippen molar-refractivity contribution in [1.82, 2.24) is 10.2 Å². The number of benzene rings is 1. The van der Waals surface area contributed by atoms with E-state index in [0.29, 0.717) is 0 Å². The fourth-order valence-electron chi connectivity index (χ4n) is 3.77. The van der Waals surface area contributed by atoms with E-state index in [1.54, 1.807) is 0 Å². The molecule has 1 fully saturated rings. The second kappa shape index (κ2) is 19.9. The molecule has 3 N–H and O–H groups in total. The first kappa shape index (κ1) is 32.9. The average Bonchev–Trinajstić information content (AvgIpc) is 2.93. The summed E-state index contributed by atoms with van der Waals surface area (Å²) in [5.74, 6) is 0.771. The lowest BCUT2D eigenvalue weighted by molar-refractivity contribution is 0.0390. The van der Waals surface area contributed by atoms with Crippen molar-refractivity contribution in [2.75, 3.05) is 38.6 Å². The molecule has 0 amide bonds. The van der Waals surface area contributed by atoms with Crippen molar-refractivity contribution in [3.63, 3.8) is 0 Å². The zero-order chi connectivity index (χ0) is 28.2. The van der Waals surface area contributed by atoms with Crippen LogP contribution in [0.4, 0.5) is 5.69 Å². The minimum atomic E-state index is 0.0442. The molecule has 1 aromatic carbocycles. The minimum Gasteiger partial charge on any atom is -0.489 e. The van der Waals surface area contributed by atoms with E-state index in [4.69, 9.17) is 20.2 Å². The molecule has 1 aliphatic heterocycles. The molecule has 0 spiro atoms. The Morgan fingerprint density at radius 3 is 2.50 bits per heavy atom. The Morgan fingerprint density at radius 2 is 1.89 bits per heavy atom. The van der Waals surface area contributed by atoms with Crippen molar-refractivity contribution in [2.45, 2.75) is 67.4 Å². The zero-order valence-corrected chi connectivity index (χ0v) is 24.7. The number of nitrogens with one attached hydrogen (secondary N) is 1. The highest BCUT2D eigenvalue weighted by Gasteiger charge is 2.13. The molecule has 6 heteroatoms. The lowest BCUT2D eigenvalue weighted by Gasteiger charge is -2.27. The molecular weight excluding hydrogens is 472 g/mol. The largest absolute Gasteiger partial charge is 0.489 e. The number of aliphatic imine (C=N–C) groups is 1. The quantitative estimate of drug-likeness (QED) is 0.125. The molecule has 0 aliphatic carbocycles. The van der Waals surface area contributed by atoms with Gasteiger partial charge in [0.25, 0.3) is 0 Å². The normalized spacial score (nSPS) is 16.2. The Morgan fingerprint density at radius 1 is 1.18 bits per heavy atom. The Balaban J connectivity index is 0.00000352. The van der Waals surface area contributed by atoms with Gasteiger partial charge in [0.15, 0.2) is 0 Å². The molecule has 0 bridgehead atoms. The van der Waals surface area contributed by atoms with E-state index in [9.17, 15) is 0 Å². The Bertz CT molecular complexity index is 981. The molecule has 1 aromatic rings. The van der Waals surface area contributed by atoms with Crippen LogP contribution < -0.4 is 11.1 Å². The standard InChI is InChI=1S/C30H44N4O2.C2H6/c1-6-11-30(36-24(4)5)29(23-26(8-3)32-16-7-2)33-17-14-25(27-12-9-10-13-28(27)31)15-18-34-19-21-35-22-20-34;1-2/h7-14,16-17,23-24,32H,6,15,18-22,31H2,1-5H3;1-2H3/b16-7-,25-14+,26-8+,29-23-,30-11+,33-17-;. The smallest absolute Gasteiger partial charge is 0.141 e. The minimum absolute atomic E-state index is 0.0442. The summed E-state index contributed by atoms with van der Waals surface area (Å²) in [5.41, 5.74) is 11.0. The van der Waals surface area contributed by atoms with Crippen LogP contribution in [0.25, 0.3) is 5.57 Å². The monoisotopic (exact) mass is 522 g/mol. The van der Waals surface area contributed by atoms with Crippen molar-refractivity contribution >= 4 is 17.5 Å². The van der Waals surface area contributed by atoms with Gasteiger partial charge in [-0.3, -0.25) is 9.89 Å². The van der Waals surface area contributed by atoms with Crippen molar-refractivity contribution in [3.8, 4) is 0 Å². The number of nitrogens with zero attached hydrogens (tertiary/aromatic N) is 2. The van der Waals surface area contributed by atoms with Gasteiger partial charge < -0.3 is 20.5 Å². The summed E-state index contributed by atoms with van der Waals surface area (Å²) < 4.78 is 11.6. The highest BCUT2D eigenvalue weighted by molar-refractivity contribution is 5.88. The van der Waals surface area contributed by atoms with Gasteiger partial charge in [-0.15, -0.1) is 0 Å². The first-order valence-corrected chi connectivity index (χ1v) is 14.0. The third-order valence-corrected chi connectivity index (χ3v) is 5.62. The Kier molecular flexibility index (Phi) is 17.3. The zero-order valence-electron chi connectivity index (χ0n) is 24.7. The van der Waals surface area contributed by atoms with Gasteiger partial charge in [-0.1, -0.05) is 51.1 Å². The van der Waals surface area contributed by atoms with E-state index in [1.165, 1.54) is 0 Å². The van der Waals surface area contributed by atoms with Crippen LogP contribution in [-0.4, -0.2) is 50.1 Å². The molecule has 0 radical (unpaired) electrons. The third kappa shape index (κ3) is 12.4. The van der Waals surface area contributed by atoms with Gasteiger partial charge in [-0.25, -0.2) is 0 Å². The molecule has 1 heterocycles. The molecule has 0 atom stereocenters. The molecular formula is C32H50N4O2. The summed E-state index contributed by atoms with van der Waals surface area (Å²) in [6.07, 6.45) is 15.7. The topological polar surface area (TPSA) is 72.1 Å². The number of morpholine rings is 1. The fourth-order valence-corrected chi connectivity index (χ4v) is 3.77. The van der Waals surface area contributed by atoms with E-state index >= 15 is 0 Å². The van der Waals surface area contributed by atoms with Gasteiger partial charge in [-0.2, -0.15) is 0 Å². The van der Waals surface area contributed by atoms with Gasteiger partial charge in [0, 0.05) is 42.8 Å². The van der Waals surface area contributed by atoms with Gasteiger partial charge in [0.1, 0.15) is 11.5 Å². The number of hydrogen-bond acceptors (Lipinski definition) is 6. The maximum Gasteiger partial charge on any atom is 0.141 e. The van der Waals surface area contributed by atoms with Crippen LogP contribution >= 0.6 is 0 Å². The van der Waals surface area contributed by atoms with Crippen molar-refractivity contribution in [2.24, 2.45) is 4.99 Å². The van der Waals surface area contributed by atoms with E-state index in [0.717, 1.165) is 79.7 Å². The average molecular weight is 523 g/mol. The number of ether oxygens (including phenoxy) is 2. The van der Waals surface area contributed by atoms with E-state index in [2.05, 4.69) is 35.4 Å². The van der Waals surface area contributed by atoms with Crippen molar-refractivity contribution in [3.05, 3.63) is 83.6 Å². The molecule has 0 saturated carbocycles. The molecule has 1 aliphatic rings. The molecule has 210 valence electrons. The number of anilines is 1. The van der Waals surface area contributed by atoms with E-state index < -0.39 is 0 Å². The number of nitrogens with two attached hydrogens (primary N) is 1. The summed E-state index contributed by atoms with van der Waals surface area (Å²) in [5, 5.41) is 3.29. The van der Waals surface area contributed by atoms with Gasteiger partial charge in [-0.05, 0) is 76.6 Å². The van der Waals surface area contributed by atoms with Crippen LogP contribution in [0.2, 0.25) is 0 Å². The first-order chi connectivity index (χ1) is 18.5. The van der Waals surface area contributed by atoms with Crippen LogP contribution in [0.5, 0.6) is 0 Å². The first-order valence-electron chi connectivity index (χ1n) is 14.0. The molecule has 6 nitrogen and oxygen atoms in total. The number of para-hydroxylation sites is 1. The van der Waals surface area contributed by atoms with Crippen LogP contribution in [0, 0.1) is 0 Å². The Labute approximate surface area is 231 Å². The highest BCUT2D eigenvalue weighted by Crippen LogP contribution is 2.25. The fraction of sp³-hybridized carbons (Fsp3) is 0.469. The van der Waals surface area contributed by atoms with Crippen LogP contribution in [0.15, 0.2) is 83.0 Å². The van der Waals surface area contributed by atoms with Gasteiger partial charge in [0.2, 0.25) is 0 Å². The molecule has 38 heavy (non-hydrogen) atoms. The highest BCUT2D eigenvalue weighted by atomic mass is 16.5. The summed E-state index contributed by atoms with van der Waals surface area (Å²) in [7, 11) is 0. The summed E-state index contributed by atoms with van der Waals surface area (Å²) in [6, 6.07) is 8.02. The SMILES string of the molecule is C/C=C\NC(/C=C(\N=C/C=C(\CCN1CCOCC1)c1ccccc1N)C(=C\CC)/OC(C)C)=C/C.CC. The predicted octanol–water partition coefficient (Wildman–Crippen LogP) is 7.10. The van der Waals surface area contributed by atoms with Crippen LogP contribution in [0.1, 0.15) is 66.9 Å². The van der Waals surface area contributed by atoms with Crippen LogP contribution in [0.3, 0.4) is 0 Å². The predicted molar refractivity (Wildman–Crippen MR) is 165 cm³/mol. The van der Waals surface area contributed by atoms with Gasteiger partial charge in [0.05, 0.1) is 19.3 Å². The number of nitrogen functional groups attached to an aromatic ring is 1. The molecule has 0 unspecified atom stereocenters. The maximum absolute atomic E-state index is 6.35. The van der Waals surface area contributed by atoms with Crippen LogP contribution in [-0.2, 0) is 9.47 Å². The lowest BCUT2D eigenvalue weighted by atomic mass is 10.0. The second-order valence-electron chi connectivity index (χ2n) is 8.82. The van der Waals surface area contributed by atoms with Gasteiger partial charge >= 0.3 is 0 Å². The van der Waals surface area contributed by atoms with E-state index in [1.807, 2.05) is 90.4 Å². The molecule has 1 saturated heterocycles. The second-order valence-corrected chi connectivity index (χ2v) is 8.82. The molecule has 0 aromatic heterocycles. The Hall–Kier alpha value is -3.09. The summed E-state index contributed by atoms with van der Waals surface area (Å²) in [4.78, 5) is 7.30. The summed E-state index contributed by atoms with van der Waals surface area (Å²) >= 11 is 0. The number of rotatable bonds is 13. The van der Waals surface area contributed by atoms with Crippen molar-refractivity contribution < 1.29 is 9.47 Å². The number of allylic oxidation sites excluding steroid dienone is 5. The number of hydrogen-bond donors (Lipinski definition) is 2. The third-order valence-electron chi connectivity index (χ3n) is 5.62. The summed E-state index contributed by atoms with van der Waals surface area (Å²) in [6.45, 7) is 18.6.